The van der Waals surface area contributed by atoms with Crippen LogP contribution in [0.3, 0.4) is 0 Å². The molecule has 5 aromatic heterocycles. The molecular weight excluding hydrogens is 764 g/mol. The highest BCUT2D eigenvalue weighted by molar-refractivity contribution is 5.93. The minimum atomic E-state index is -0.314. The molecule has 6 heterocycles. The Morgan fingerprint density at radius 3 is 1.74 bits per heavy atom. The molecular formula is C50H47FN8O2. The Kier molecular flexibility index (Phi) is 13.8. The largest absolute Gasteiger partial charge is 0.324 e. The van der Waals surface area contributed by atoms with Gasteiger partial charge in [-0.3, -0.25) is 39.4 Å². The van der Waals surface area contributed by atoms with Crippen molar-refractivity contribution in [2.75, 3.05) is 30.3 Å². The van der Waals surface area contributed by atoms with Gasteiger partial charge >= 0.3 is 0 Å². The number of hydrogen-bond donors (Lipinski definition) is 2. The fraction of sp³-hybridized carbons (Fsp3) is 0.180. The molecule has 306 valence electrons. The van der Waals surface area contributed by atoms with E-state index in [4.69, 9.17) is 0 Å². The van der Waals surface area contributed by atoms with Gasteiger partial charge in [-0.25, -0.2) is 4.39 Å². The molecule has 1 aliphatic heterocycles. The van der Waals surface area contributed by atoms with Gasteiger partial charge in [0, 0.05) is 54.2 Å². The average Bonchev–Trinajstić information content (AvgIpc) is 3.28. The number of halogens is 1. The van der Waals surface area contributed by atoms with Crippen LogP contribution in [0, 0.1) is 19.7 Å². The number of amides is 2. The fourth-order valence-electron chi connectivity index (χ4n) is 6.90. The van der Waals surface area contributed by atoms with Gasteiger partial charge in [-0.2, -0.15) is 0 Å². The Balaban J connectivity index is 0.000000184. The van der Waals surface area contributed by atoms with Crippen LogP contribution in [0.2, 0.25) is 0 Å². The van der Waals surface area contributed by atoms with E-state index in [9.17, 15) is 14.0 Å². The van der Waals surface area contributed by atoms with Crippen molar-refractivity contribution in [3.63, 3.8) is 0 Å². The normalized spacial score (nSPS) is 12.4. The zero-order valence-corrected chi connectivity index (χ0v) is 34.5. The number of benzene rings is 2. The van der Waals surface area contributed by atoms with Gasteiger partial charge in [-0.1, -0.05) is 55.5 Å². The zero-order chi connectivity index (χ0) is 42.6. The molecule has 0 aliphatic carbocycles. The SMILES string of the molecule is CCN1CC=C(c2ccc(NC(=O)Cc3ccc(-c4ccnc(C)c4)cc3)cn2)CC1.Cc1cc(-c2ccc(CC(=O)Nc3ccc(-c4cccc(F)c4)nc3)cn2)ccn1. The smallest absolute Gasteiger partial charge is 0.228 e. The predicted octanol–water partition coefficient (Wildman–Crippen LogP) is 9.58. The summed E-state index contributed by atoms with van der Waals surface area (Å²) in [6.07, 6.45) is 12.4. The molecule has 0 radical (unpaired) electrons. The molecule has 2 N–H and O–H groups in total. The third-order valence-corrected chi connectivity index (χ3v) is 10.2. The Morgan fingerprint density at radius 1 is 0.607 bits per heavy atom. The van der Waals surface area contributed by atoms with Crippen LogP contribution in [-0.4, -0.2) is 61.3 Å². The van der Waals surface area contributed by atoms with E-state index in [0.717, 1.165) is 82.3 Å². The van der Waals surface area contributed by atoms with Crippen LogP contribution in [-0.2, 0) is 22.4 Å². The number of anilines is 2. The minimum absolute atomic E-state index is 0.0440. The van der Waals surface area contributed by atoms with E-state index in [2.05, 4.69) is 59.5 Å². The van der Waals surface area contributed by atoms with E-state index in [-0.39, 0.29) is 24.1 Å². The van der Waals surface area contributed by atoms with Crippen LogP contribution in [0.25, 0.3) is 39.2 Å². The van der Waals surface area contributed by atoms with Crippen molar-refractivity contribution in [3.8, 4) is 33.6 Å². The quantitative estimate of drug-likeness (QED) is 0.132. The molecule has 0 bridgehead atoms. The van der Waals surface area contributed by atoms with Crippen LogP contribution in [0.1, 0.15) is 41.6 Å². The number of hydrogen-bond acceptors (Lipinski definition) is 8. The molecule has 8 rings (SSSR count). The standard InChI is InChI=1S/C26H28N4O.C24H19FN4O/c1-3-30-14-11-22(12-15-30)25-9-8-24(18-28-25)29-26(31)17-20-4-6-21(7-5-20)23-10-13-27-19(2)16-23;1-16-11-19(9-10-26-16)22-7-5-17(14-27-22)12-24(30)29-21-6-8-23(28-15-21)18-3-2-4-20(25)13-18/h4-11,13,16,18H,3,12,14-15,17H2,1-2H3,(H,29,31);2-11,13-15H,12H2,1H3,(H,29,30). The highest BCUT2D eigenvalue weighted by atomic mass is 19.1. The first-order valence-electron chi connectivity index (χ1n) is 20.3. The highest BCUT2D eigenvalue weighted by Gasteiger charge is 2.13. The van der Waals surface area contributed by atoms with Gasteiger partial charge in [-0.05, 0) is 121 Å². The van der Waals surface area contributed by atoms with E-state index in [1.54, 1.807) is 49.1 Å². The van der Waals surface area contributed by atoms with Gasteiger partial charge in [0.15, 0.2) is 0 Å². The van der Waals surface area contributed by atoms with Gasteiger partial charge in [-0.15, -0.1) is 0 Å². The molecule has 10 nitrogen and oxygen atoms in total. The lowest BCUT2D eigenvalue weighted by atomic mass is 10.0. The first-order valence-corrected chi connectivity index (χ1v) is 20.3. The number of likely N-dealkylation sites (N-methyl/N-ethyl adjacent to an activating group) is 1. The van der Waals surface area contributed by atoms with Crippen LogP contribution in [0.4, 0.5) is 15.8 Å². The molecule has 2 amide bonds. The number of aryl methyl sites for hydroxylation is 2. The van der Waals surface area contributed by atoms with Gasteiger partial charge in [0.2, 0.25) is 11.8 Å². The second kappa shape index (κ2) is 20.1. The Morgan fingerprint density at radius 2 is 1.18 bits per heavy atom. The van der Waals surface area contributed by atoms with E-state index >= 15 is 0 Å². The molecule has 2 aromatic carbocycles. The van der Waals surface area contributed by atoms with Crippen molar-refractivity contribution >= 4 is 28.8 Å². The molecule has 7 aromatic rings. The number of nitrogens with zero attached hydrogens (tertiary/aromatic N) is 6. The number of pyridine rings is 5. The molecule has 1 aliphatic rings. The Labute approximate surface area is 355 Å². The first-order chi connectivity index (χ1) is 29.7. The summed E-state index contributed by atoms with van der Waals surface area (Å²) in [5.41, 5.74) is 12.7. The number of carbonyl (C=O) groups excluding carboxylic acids is 2. The molecule has 0 saturated carbocycles. The number of aromatic nitrogens is 5. The topological polar surface area (TPSA) is 126 Å². The van der Waals surface area contributed by atoms with E-state index in [0.29, 0.717) is 23.4 Å². The lowest BCUT2D eigenvalue weighted by Gasteiger charge is -2.24. The van der Waals surface area contributed by atoms with Crippen LogP contribution in [0.5, 0.6) is 0 Å². The summed E-state index contributed by atoms with van der Waals surface area (Å²) in [7, 11) is 0. The van der Waals surface area contributed by atoms with Crippen molar-refractivity contribution in [2.45, 2.75) is 40.0 Å². The summed E-state index contributed by atoms with van der Waals surface area (Å²) in [6.45, 7) is 9.23. The Bertz CT molecular complexity index is 2520. The van der Waals surface area contributed by atoms with E-state index < -0.39 is 0 Å². The van der Waals surface area contributed by atoms with Crippen LogP contribution < -0.4 is 10.6 Å². The molecule has 0 spiro atoms. The second-order valence-corrected chi connectivity index (χ2v) is 14.8. The summed E-state index contributed by atoms with van der Waals surface area (Å²) in [4.78, 5) is 49.0. The monoisotopic (exact) mass is 810 g/mol. The van der Waals surface area contributed by atoms with Gasteiger partial charge in [0.25, 0.3) is 0 Å². The fourth-order valence-corrected chi connectivity index (χ4v) is 6.90. The molecule has 0 unspecified atom stereocenters. The van der Waals surface area contributed by atoms with Crippen LogP contribution >= 0.6 is 0 Å². The highest BCUT2D eigenvalue weighted by Crippen LogP contribution is 2.24. The molecule has 0 saturated heterocycles. The summed E-state index contributed by atoms with van der Waals surface area (Å²) < 4.78 is 13.4. The van der Waals surface area contributed by atoms with Crippen molar-refractivity contribution in [1.82, 2.24) is 29.8 Å². The molecule has 61 heavy (non-hydrogen) atoms. The zero-order valence-electron chi connectivity index (χ0n) is 34.5. The maximum absolute atomic E-state index is 13.4. The summed E-state index contributed by atoms with van der Waals surface area (Å²) in [6, 6.07) is 33.5. The lowest BCUT2D eigenvalue weighted by molar-refractivity contribution is -0.116. The maximum atomic E-state index is 13.4. The number of rotatable bonds is 11. The third-order valence-electron chi connectivity index (χ3n) is 10.2. The van der Waals surface area contributed by atoms with Crippen molar-refractivity contribution < 1.29 is 14.0 Å². The summed E-state index contributed by atoms with van der Waals surface area (Å²) >= 11 is 0. The van der Waals surface area contributed by atoms with Gasteiger partial charge in [0.05, 0.1) is 53.7 Å². The third kappa shape index (κ3) is 11.9. The average molecular weight is 811 g/mol. The first kappa shape index (κ1) is 41.9. The van der Waals surface area contributed by atoms with E-state index in [1.807, 2.05) is 86.8 Å². The van der Waals surface area contributed by atoms with Crippen molar-refractivity contribution in [1.29, 1.82) is 0 Å². The van der Waals surface area contributed by atoms with Crippen LogP contribution in [0.15, 0.2) is 146 Å². The maximum Gasteiger partial charge on any atom is 0.228 e. The molecule has 11 heteroatoms. The lowest BCUT2D eigenvalue weighted by Crippen LogP contribution is -2.28. The predicted molar refractivity (Wildman–Crippen MR) is 240 cm³/mol. The van der Waals surface area contributed by atoms with Crippen molar-refractivity contribution in [3.05, 3.63) is 180 Å². The number of nitrogens with one attached hydrogen (secondary N) is 2. The van der Waals surface area contributed by atoms with Crippen molar-refractivity contribution in [2.24, 2.45) is 0 Å². The Hall–Kier alpha value is -7.24. The molecule has 0 fully saturated rings. The number of carbonyl (C=O) groups is 2. The summed E-state index contributed by atoms with van der Waals surface area (Å²) in [5.74, 6) is -0.521. The second-order valence-electron chi connectivity index (χ2n) is 14.8. The molecule has 0 atom stereocenters. The summed E-state index contributed by atoms with van der Waals surface area (Å²) in [5, 5.41) is 5.78. The minimum Gasteiger partial charge on any atom is -0.324 e. The van der Waals surface area contributed by atoms with E-state index in [1.165, 1.54) is 17.7 Å². The van der Waals surface area contributed by atoms with Gasteiger partial charge in [0.1, 0.15) is 5.82 Å². The van der Waals surface area contributed by atoms with Gasteiger partial charge < -0.3 is 10.6 Å².